The van der Waals surface area contributed by atoms with Crippen molar-refractivity contribution >= 4 is 12.0 Å². The van der Waals surface area contributed by atoms with Gasteiger partial charge in [-0.3, -0.25) is 0 Å². The van der Waals surface area contributed by atoms with Crippen molar-refractivity contribution in [1.29, 1.82) is 0 Å². The Balaban J connectivity index is 2.52. The molecule has 0 aromatic rings. The van der Waals surface area contributed by atoms with E-state index >= 15 is 0 Å². The molecule has 1 unspecified atom stereocenters. The average molecular weight is 230 g/mol. The smallest absolute Gasteiger partial charge is 0.328 e. The lowest BCUT2D eigenvalue weighted by Gasteiger charge is -2.22. The number of aliphatic hydroxyl groups is 1. The van der Waals surface area contributed by atoms with Gasteiger partial charge in [0.2, 0.25) is 0 Å². The van der Waals surface area contributed by atoms with Crippen molar-refractivity contribution in [3.8, 4) is 0 Å². The summed E-state index contributed by atoms with van der Waals surface area (Å²) in [5, 5.41) is 20.3. The van der Waals surface area contributed by atoms with Crippen LogP contribution in [0, 0.1) is 5.92 Å². The van der Waals surface area contributed by atoms with E-state index in [-0.39, 0.29) is 0 Å². The second-order valence-electron chi connectivity index (χ2n) is 4.35. The molecule has 92 valence electrons. The van der Waals surface area contributed by atoms with Crippen LogP contribution in [0.1, 0.15) is 20.3 Å². The first-order chi connectivity index (χ1) is 7.41. The number of carbonyl (C=O) groups excluding carboxylic acids is 1. The van der Waals surface area contributed by atoms with Crippen LogP contribution in [-0.4, -0.2) is 52.3 Å². The Hall–Kier alpha value is -1.30. The zero-order valence-corrected chi connectivity index (χ0v) is 9.51. The van der Waals surface area contributed by atoms with E-state index in [2.05, 4.69) is 5.32 Å². The maximum absolute atomic E-state index is 11.7. The number of nitrogens with one attached hydrogen (secondary N) is 1. The van der Waals surface area contributed by atoms with Crippen LogP contribution in [0.3, 0.4) is 0 Å². The molecule has 6 nitrogen and oxygen atoms in total. The van der Waals surface area contributed by atoms with Gasteiger partial charge in [-0.15, -0.1) is 0 Å². The number of likely N-dealkylation sites (tertiary alicyclic amines) is 1. The maximum Gasteiger partial charge on any atom is 0.328 e. The predicted octanol–water partition coefficient (Wildman–Crippen LogP) is -0.128. The van der Waals surface area contributed by atoms with E-state index in [1.807, 2.05) is 6.92 Å². The Morgan fingerprint density at radius 1 is 1.50 bits per heavy atom. The Bertz CT molecular complexity index is 280. The molecule has 0 saturated carbocycles. The Kier molecular flexibility index (Phi) is 4.12. The summed E-state index contributed by atoms with van der Waals surface area (Å²) in [5.74, 6) is -0.781. The molecule has 1 rings (SSSR count). The number of rotatable bonds is 3. The van der Waals surface area contributed by atoms with E-state index in [4.69, 9.17) is 5.11 Å². The van der Waals surface area contributed by atoms with Gasteiger partial charge in [0.05, 0.1) is 6.10 Å². The molecular formula is C10H18N2O4. The number of carboxylic acid groups (broad SMARTS) is 1. The molecule has 0 aliphatic carbocycles. The van der Waals surface area contributed by atoms with Gasteiger partial charge in [0.25, 0.3) is 0 Å². The van der Waals surface area contributed by atoms with Gasteiger partial charge in [0, 0.05) is 13.1 Å². The van der Waals surface area contributed by atoms with E-state index in [1.54, 1.807) is 4.90 Å². The molecule has 16 heavy (non-hydrogen) atoms. The van der Waals surface area contributed by atoms with E-state index in [0.29, 0.717) is 19.0 Å². The predicted molar refractivity (Wildman–Crippen MR) is 57.0 cm³/mol. The molecule has 0 spiro atoms. The lowest BCUT2D eigenvalue weighted by atomic mass is 10.2. The molecule has 1 aliphatic rings. The SMILES string of the molecule is CC1CCN(C(=O)N[C@H](C(=O)O)[C@@H](C)O)C1. The number of aliphatic carboxylic acids is 1. The summed E-state index contributed by atoms with van der Waals surface area (Å²) < 4.78 is 0. The maximum atomic E-state index is 11.7. The van der Waals surface area contributed by atoms with Crippen molar-refractivity contribution in [2.75, 3.05) is 13.1 Å². The molecule has 0 aromatic carbocycles. The molecule has 1 heterocycles. The van der Waals surface area contributed by atoms with Gasteiger partial charge in [-0.05, 0) is 19.3 Å². The summed E-state index contributed by atoms with van der Waals surface area (Å²) in [6.07, 6.45) is -0.179. The molecule has 1 saturated heterocycles. The zero-order chi connectivity index (χ0) is 12.3. The lowest BCUT2D eigenvalue weighted by molar-refractivity contribution is -0.141. The normalized spacial score (nSPS) is 23.9. The fraction of sp³-hybridized carbons (Fsp3) is 0.800. The van der Waals surface area contributed by atoms with Crippen LogP contribution in [0.5, 0.6) is 0 Å². The number of urea groups is 1. The highest BCUT2D eigenvalue weighted by molar-refractivity contribution is 5.83. The van der Waals surface area contributed by atoms with Crippen molar-refractivity contribution in [3.63, 3.8) is 0 Å². The van der Waals surface area contributed by atoms with Crippen LogP contribution >= 0.6 is 0 Å². The highest BCUT2D eigenvalue weighted by atomic mass is 16.4. The van der Waals surface area contributed by atoms with Crippen molar-refractivity contribution < 1.29 is 19.8 Å². The number of carboxylic acids is 1. The minimum atomic E-state index is -1.25. The molecule has 3 N–H and O–H groups in total. The first-order valence-corrected chi connectivity index (χ1v) is 5.38. The van der Waals surface area contributed by atoms with Crippen molar-refractivity contribution in [2.45, 2.75) is 32.4 Å². The Morgan fingerprint density at radius 2 is 2.12 bits per heavy atom. The number of aliphatic hydroxyl groups excluding tert-OH is 1. The fourth-order valence-corrected chi connectivity index (χ4v) is 1.73. The van der Waals surface area contributed by atoms with E-state index < -0.39 is 24.1 Å². The Morgan fingerprint density at radius 3 is 2.50 bits per heavy atom. The largest absolute Gasteiger partial charge is 0.480 e. The monoisotopic (exact) mass is 230 g/mol. The van der Waals surface area contributed by atoms with Crippen LogP contribution in [0.15, 0.2) is 0 Å². The van der Waals surface area contributed by atoms with Crippen molar-refractivity contribution in [3.05, 3.63) is 0 Å². The average Bonchev–Trinajstić information content (AvgIpc) is 2.59. The van der Waals surface area contributed by atoms with Gasteiger partial charge in [-0.1, -0.05) is 6.92 Å². The standard InChI is InChI=1S/C10H18N2O4/c1-6-3-4-12(5-6)10(16)11-8(7(2)13)9(14)15/h6-8,13H,3-5H2,1-2H3,(H,11,16)(H,14,15)/t6?,7-,8+/m1/s1. The third-order valence-corrected chi connectivity index (χ3v) is 2.74. The van der Waals surface area contributed by atoms with Gasteiger partial charge >= 0.3 is 12.0 Å². The second-order valence-corrected chi connectivity index (χ2v) is 4.35. The molecule has 0 aromatic heterocycles. The summed E-state index contributed by atoms with van der Waals surface area (Å²) in [7, 11) is 0. The van der Waals surface area contributed by atoms with E-state index in [0.717, 1.165) is 6.42 Å². The van der Waals surface area contributed by atoms with E-state index in [9.17, 15) is 14.7 Å². The number of amides is 2. The minimum absolute atomic E-state index is 0.419. The van der Waals surface area contributed by atoms with Gasteiger partial charge in [0.1, 0.15) is 0 Å². The number of hydrogen-bond acceptors (Lipinski definition) is 3. The van der Waals surface area contributed by atoms with Crippen LogP contribution < -0.4 is 5.32 Å². The molecule has 2 amide bonds. The zero-order valence-electron chi connectivity index (χ0n) is 9.51. The third-order valence-electron chi connectivity index (χ3n) is 2.74. The summed E-state index contributed by atoms with van der Waals surface area (Å²) >= 11 is 0. The van der Waals surface area contributed by atoms with Gasteiger partial charge in [-0.25, -0.2) is 9.59 Å². The molecule has 1 fully saturated rings. The molecule has 0 bridgehead atoms. The van der Waals surface area contributed by atoms with E-state index in [1.165, 1.54) is 6.92 Å². The first kappa shape index (κ1) is 12.8. The summed E-state index contributed by atoms with van der Waals surface area (Å²) in [5.41, 5.74) is 0. The van der Waals surface area contributed by atoms with Gasteiger partial charge in [-0.2, -0.15) is 0 Å². The van der Waals surface area contributed by atoms with Crippen molar-refractivity contribution in [2.24, 2.45) is 5.92 Å². The number of hydrogen-bond donors (Lipinski definition) is 3. The topological polar surface area (TPSA) is 89.9 Å². The number of nitrogens with zero attached hydrogens (tertiary/aromatic N) is 1. The number of carbonyl (C=O) groups is 2. The van der Waals surface area contributed by atoms with Crippen LogP contribution in [0.25, 0.3) is 0 Å². The first-order valence-electron chi connectivity index (χ1n) is 5.38. The highest BCUT2D eigenvalue weighted by Crippen LogP contribution is 2.14. The molecule has 0 radical (unpaired) electrons. The lowest BCUT2D eigenvalue weighted by Crippen LogP contribution is -2.51. The minimum Gasteiger partial charge on any atom is -0.480 e. The summed E-state index contributed by atoms with van der Waals surface area (Å²) in [4.78, 5) is 24.0. The van der Waals surface area contributed by atoms with Crippen molar-refractivity contribution in [1.82, 2.24) is 10.2 Å². The van der Waals surface area contributed by atoms with Crippen LogP contribution in [0.4, 0.5) is 4.79 Å². The quantitative estimate of drug-likeness (QED) is 0.630. The van der Waals surface area contributed by atoms with Gasteiger partial charge < -0.3 is 20.4 Å². The molecular weight excluding hydrogens is 212 g/mol. The van der Waals surface area contributed by atoms with Gasteiger partial charge in [0.15, 0.2) is 6.04 Å². The Labute approximate surface area is 94.2 Å². The molecule has 6 heteroatoms. The molecule has 1 aliphatic heterocycles. The summed E-state index contributed by atoms with van der Waals surface area (Å²) in [6, 6.07) is -1.67. The third kappa shape index (κ3) is 3.10. The fourth-order valence-electron chi connectivity index (χ4n) is 1.73. The summed E-state index contributed by atoms with van der Waals surface area (Å²) in [6.45, 7) is 4.65. The van der Waals surface area contributed by atoms with Crippen LogP contribution in [-0.2, 0) is 4.79 Å². The highest BCUT2D eigenvalue weighted by Gasteiger charge is 2.29. The van der Waals surface area contributed by atoms with Crippen LogP contribution in [0.2, 0.25) is 0 Å². The molecule has 3 atom stereocenters. The second kappa shape index (κ2) is 5.16.